The van der Waals surface area contributed by atoms with E-state index in [4.69, 9.17) is 21.7 Å². The number of amides is 2. The van der Waals surface area contributed by atoms with Crippen LogP contribution in [0.25, 0.3) is 0 Å². The Kier molecular flexibility index (Phi) is 9.54. The van der Waals surface area contributed by atoms with Gasteiger partial charge in [-0.3, -0.25) is 14.9 Å². The topological polar surface area (TPSA) is 88.7 Å². The summed E-state index contributed by atoms with van der Waals surface area (Å²) in [5.41, 5.74) is -0.0732. The standard InChI is InChI=1S/C30H24F3N3O4S/c31-30(32,33)21-9-7-11-23(19-21)34-27(37)20-8-6-10-22(18-20)35-29(41)36-28(38)25-14-4-5-15-26(25)40-17-16-39-24-12-2-1-3-13-24/h1-15,18-19H,16-17H2,(H,34,37)(H2,35,36,38,41). The lowest BCUT2D eigenvalue weighted by molar-refractivity contribution is -0.137. The van der Waals surface area contributed by atoms with Crippen LogP contribution >= 0.6 is 12.2 Å². The third-order valence-corrected chi connectivity index (χ3v) is 5.75. The van der Waals surface area contributed by atoms with E-state index >= 15 is 0 Å². The first-order chi connectivity index (χ1) is 19.7. The minimum absolute atomic E-state index is 0.00140. The fourth-order valence-electron chi connectivity index (χ4n) is 3.66. The smallest absolute Gasteiger partial charge is 0.416 e. The lowest BCUT2D eigenvalue weighted by Gasteiger charge is -2.14. The van der Waals surface area contributed by atoms with Crippen LogP contribution in [-0.4, -0.2) is 30.1 Å². The highest BCUT2D eigenvalue weighted by molar-refractivity contribution is 7.80. The van der Waals surface area contributed by atoms with Crippen molar-refractivity contribution in [1.29, 1.82) is 0 Å². The van der Waals surface area contributed by atoms with Gasteiger partial charge in [-0.05, 0) is 72.9 Å². The normalized spacial score (nSPS) is 10.8. The third-order valence-electron chi connectivity index (χ3n) is 5.54. The molecule has 0 atom stereocenters. The van der Waals surface area contributed by atoms with Crippen molar-refractivity contribution in [2.24, 2.45) is 0 Å². The van der Waals surface area contributed by atoms with Gasteiger partial charge < -0.3 is 20.1 Å². The highest BCUT2D eigenvalue weighted by Gasteiger charge is 2.30. The molecule has 210 valence electrons. The van der Waals surface area contributed by atoms with Gasteiger partial charge >= 0.3 is 6.18 Å². The summed E-state index contributed by atoms with van der Waals surface area (Å²) in [6.45, 7) is 0.481. The molecule has 0 radical (unpaired) electrons. The van der Waals surface area contributed by atoms with Crippen LogP contribution in [0.15, 0.2) is 103 Å². The van der Waals surface area contributed by atoms with Crippen LogP contribution in [0.5, 0.6) is 11.5 Å². The summed E-state index contributed by atoms with van der Waals surface area (Å²) in [6.07, 6.45) is -4.53. The Morgan fingerprint density at radius 2 is 1.37 bits per heavy atom. The molecule has 2 amide bonds. The average Bonchev–Trinajstić information content (AvgIpc) is 2.96. The number of benzene rings is 4. The minimum atomic E-state index is -4.53. The van der Waals surface area contributed by atoms with Crippen molar-refractivity contribution in [3.05, 3.63) is 120 Å². The fraction of sp³-hybridized carbons (Fsp3) is 0.100. The molecule has 0 unspecified atom stereocenters. The molecule has 4 aromatic rings. The SMILES string of the molecule is O=C(Nc1cccc(C(F)(F)F)c1)c1cccc(NC(=S)NC(=O)c2ccccc2OCCOc2ccccc2)c1. The van der Waals surface area contributed by atoms with Crippen molar-refractivity contribution in [3.8, 4) is 11.5 Å². The molecule has 0 bridgehead atoms. The fourth-order valence-corrected chi connectivity index (χ4v) is 3.87. The van der Waals surface area contributed by atoms with Gasteiger partial charge in [-0.25, -0.2) is 0 Å². The van der Waals surface area contributed by atoms with Crippen molar-refractivity contribution < 1.29 is 32.2 Å². The molecule has 0 fully saturated rings. The monoisotopic (exact) mass is 579 g/mol. The van der Waals surface area contributed by atoms with E-state index in [9.17, 15) is 22.8 Å². The number of carbonyl (C=O) groups excluding carboxylic acids is 2. The number of para-hydroxylation sites is 2. The molecule has 0 aromatic heterocycles. The molecule has 0 spiro atoms. The van der Waals surface area contributed by atoms with Gasteiger partial charge in [0, 0.05) is 16.9 Å². The Labute approximate surface area is 239 Å². The predicted molar refractivity (Wildman–Crippen MR) is 153 cm³/mol. The summed E-state index contributed by atoms with van der Waals surface area (Å²) in [5.74, 6) is -0.0840. The number of hydrogen-bond donors (Lipinski definition) is 3. The number of ether oxygens (including phenoxy) is 2. The van der Waals surface area contributed by atoms with Crippen molar-refractivity contribution >= 4 is 40.5 Å². The van der Waals surface area contributed by atoms with E-state index in [1.807, 2.05) is 30.3 Å². The number of thiocarbonyl (C=S) groups is 1. The summed E-state index contributed by atoms with van der Waals surface area (Å²) >= 11 is 5.27. The lowest BCUT2D eigenvalue weighted by Crippen LogP contribution is -2.34. The summed E-state index contributed by atoms with van der Waals surface area (Å²) in [7, 11) is 0. The number of halogens is 3. The quantitative estimate of drug-likeness (QED) is 0.154. The van der Waals surface area contributed by atoms with E-state index in [1.54, 1.807) is 36.4 Å². The predicted octanol–water partition coefficient (Wildman–Crippen LogP) is 6.54. The molecular formula is C30H24F3N3O4S. The Balaban J connectivity index is 1.32. The minimum Gasteiger partial charge on any atom is -0.490 e. The molecule has 3 N–H and O–H groups in total. The molecule has 0 heterocycles. The van der Waals surface area contributed by atoms with Crippen molar-refractivity contribution in [2.45, 2.75) is 6.18 Å². The van der Waals surface area contributed by atoms with Crippen LogP contribution < -0.4 is 25.4 Å². The van der Waals surface area contributed by atoms with Crippen LogP contribution in [-0.2, 0) is 6.18 Å². The second-order valence-corrected chi connectivity index (χ2v) is 8.94. The zero-order valence-corrected chi connectivity index (χ0v) is 22.2. The highest BCUT2D eigenvalue weighted by Crippen LogP contribution is 2.30. The maximum atomic E-state index is 13.0. The number of rotatable bonds is 9. The first-order valence-electron chi connectivity index (χ1n) is 12.3. The molecule has 4 rings (SSSR count). The largest absolute Gasteiger partial charge is 0.490 e. The summed E-state index contributed by atoms with van der Waals surface area (Å²) in [4.78, 5) is 25.6. The number of alkyl halides is 3. The molecule has 41 heavy (non-hydrogen) atoms. The molecule has 11 heteroatoms. The third kappa shape index (κ3) is 8.54. The van der Waals surface area contributed by atoms with E-state index in [2.05, 4.69) is 16.0 Å². The van der Waals surface area contributed by atoms with Crippen molar-refractivity contribution in [1.82, 2.24) is 5.32 Å². The van der Waals surface area contributed by atoms with E-state index < -0.39 is 23.6 Å². The van der Waals surface area contributed by atoms with E-state index in [0.29, 0.717) is 17.2 Å². The molecule has 0 aliphatic rings. The molecule has 0 saturated heterocycles. The van der Waals surface area contributed by atoms with Gasteiger partial charge in [-0.1, -0.05) is 42.5 Å². The molecule has 4 aromatic carbocycles. The average molecular weight is 580 g/mol. The Bertz CT molecular complexity index is 1530. The Hall–Kier alpha value is -4.90. The highest BCUT2D eigenvalue weighted by atomic mass is 32.1. The lowest BCUT2D eigenvalue weighted by atomic mass is 10.1. The second-order valence-electron chi connectivity index (χ2n) is 8.53. The van der Waals surface area contributed by atoms with Crippen LogP contribution in [0.3, 0.4) is 0 Å². The van der Waals surface area contributed by atoms with Gasteiger partial charge in [0.1, 0.15) is 24.7 Å². The summed E-state index contributed by atoms with van der Waals surface area (Å²) in [6, 6.07) is 26.4. The van der Waals surface area contributed by atoms with Gasteiger partial charge in [0.15, 0.2) is 5.11 Å². The van der Waals surface area contributed by atoms with Gasteiger partial charge in [0.05, 0.1) is 11.1 Å². The van der Waals surface area contributed by atoms with Crippen LogP contribution in [0, 0.1) is 0 Å². The molecule has 7 nitrogen and oxygen atoms in total. The van der Waals surface area contributed by atoms with Crippen LogP contribution in [0.1, 0.15) is 26.3 Å². The summed E-state index contributed by atoms with van der Waals surface area (Å²) < 4.78 is 50.3. The Morgan fingerprint density at radius 1 is 0.707 bits per heavy atom. The number of anilines is 2. The molecular weight excluding hydrogens is 555 g/mol. The Morgan fingerprint density at radius 3 is 2.12 bits per heavy atom. The number of nitrogens with one attached hydrogen (secondary N) is 3. The van der Waals surface area contributed by atoms with Crippen molar-refractivity contribution in [2.75, 3.05) is 23.8 Å². The van der Waals surface area contributed by atoms with Crippen LogP contribution in [0.2, 0.25) is 0 Å². The van der Waals surface area contributed by atoms with Crippen LogP contribution in [0.4, 0.5) is 24.5 Å². The number of hydrogen-bond acceptors (Lipinski definition) is 5. The zero-order valence-electron chi connectivity index (χ0n) is 21.4. The summed E-state index contributed by atoms with van der Waals surface area (Å²) in [5, 5.41) is 7.82. The van der Waals surface area contributed by atoms with Crippen molar-refractivity contribution in [3.63, 3.8) is 0 Å². The second kappa shape index (κ2) is 13.4. The van der Waals surface area contributed by atoms with Gasteiger partial charge in [-0.2, -0.15) is 13.2 Å². The van der Waals surface area contributed by atoms with Gasteiger partial charge in [-0.15, -0.1) is 0 Å². The molecule has 0 saturated carbocycles. The molecule has 0 aliphatic carbocycles. The number of carbonyl (C=O) groups is 2. The van der Waals surface area contributed by atoms with E-state index in [-0.39, 0.29) is 35.1 Å². The van der Waals surface area contributed by atoms with Gasteiger partial charge in [0.2, 0.25) is 0 Å². The van der Waals surface area contributed by atoms with E-state index in [1.165, 1.54) is 24.3 Å². The van der Waals surface area contributed by atoms with E-state index in [0.717, 1.165) is 12.1 Å². The first kappa shape index (κ1) is 29.1. The maximum absolute atomic E-state index is 13.0. The zero-order chi connectivity index (χ0) is 29.2. The van der Waals surface area contributed by atoms with Gasteiger partial charge in [0.25, 0.3) is 11.8 Å². The first-order valence-corrected chi connectivity index (χ1v) is 12.7. The maximum Gasteiger partial charge on any atom is 0.416 e. The molecule has 0 aliphatic heterocycles.